The van der Waals surface area contributed by atoms with Gasteiger partial charge >= 0.3 is 0 Å². The van der Waals surface area contributed by atoms with Crippen LogP contribution in [0.15, 0.2) is 192 Å². The fourth-order valence-corrected chi connectivity index (χ4v) is 8.59. The highest BCUT2D eigenvalue weighted by atomic mass is 16.3. The van der Waals surface area contributed by atoms with E-state index in [1.54, 1.807) is 0 Å². The molecule has 0 saturated heterocycles. The van der Waals surface area contributed by atoms with Crippen molar-refractivity contribution in [2.75, 3.05) is 0 Å². The number of para-hydroxylation sites is 3. The van der Waals surface area contributed by atoms with Crippen molar-refractivity contribution < 1.29 is 4.42 Å². The molecule has 8 aromatic carbocycles. The molecule has 12 rings (SSSR count). The minimum absolute atomic E-state index is 0.543. The van der Waals surface area contributed by atoms with Crippen LogP contribution in [0.5, 0.6) is 0 Å². The molecule has 12 aromatic rings. The summed E-state index contributed by atoms with van der Waals surface area (Å²) in [5, 5.41) is 6.67. The average molecular weight is 730 g/mol. The molecule has 0 amide bonds. The predicted octanol–water partition coefficient (Wildman–Crippen LogP) is 13.0. The summed E-state index contributed by atoms with van der Waals surface area (Å²) in [4.78, 5) is 15.3. The van der Waals surface area contributed by atoms with E-state index in [1.165, 1.54) is 21.8 Å². The lowest BCUT2D eigenvalue weighted by Crippen LogP contribution is -2.06. The molecule has 0 atom stereocenters. The van der Waals surface area contributed by atoms with Crippen molar-refractivity contribution in [2.24, 2.45) is 0 Å². The van der Waals surface area contributed by atoms with Crippen LogP contribution >= 0.6 is 0 Å². The third-order valence-corrected chi connectivity index (χ3v) is 11.2. The fraction of sp³-hybridized carbons (Fsp3) is 0. The predicted molar refractivity (Wildman–Crippen MR) is 232 cm³/mol. The Hall–Kier alpha value is -7.83. The lowest BCUT2D eigenvalue weighted by molar-refractivity contribution is 0.673. The zero-order valence-electron chi connectivity index (χ0n) is 30.5. The summed E-state index contributed by atoms with van der Waals surface area (Å²) in [6.07, 6.45) is 0. The Morgan fingerprint density at radius 3 is 1.60 bits per heavy atom. The zero-order valence-corrected chi connectivity index (χ0v) is 30.5. The highest BCUT2D eigenvalue weighted by molar-refractivity contribution is 6.24. The molecule has 0 aliphatic heterocycles. The van der Waals surface area contributed by atoms with Crippen LogP contribution in [-0.2, 0) is 0 Å². The van der Waals surface area contributed by atoms with Gasteiger partial charge < -0.3 is 8.98 Å². The Labute approximate surface area is 326 Å². The molecule has 0 radical (unpaired) electrons. The maximum absolute atomic E-state index is 6.74. The highest BCUT2D eigenvalue weighted by Gasteiger charge is 2.22. The molecule has 6 heteroatoms. The van der Waals surface area contributed by atoms with Crippen molar-refractivity contribution in [3.05, 3.63) is 188 Å². The van der Waals surface area contributed by atoms with Crippen molar-refractivity contribution in [3.63, 3.8) is 0 Å². The number of hydrogen-bond donors (Lipinski definition) is 0. The molecule has 57 heavy (non-hydrogen) atoms. The molecular weight excluding hydrogens is 699 g/mol. The molecule has 0 spiro atoms. The minimum Gasteiger partial charge on any atom is -0.455 e. The first kappa shape index (κ1) is 31.5. The van der Waals surface area contributed by atoms with Crippen LogP contribution in [-0.4, -0.2) is 24.1 Å². The second-order valence-corrected chi connectivity index (χ2v) is 14.4. The Bertz CT molecular complexity index is 3450. The van der Waals surface area contributed by atoms with Crippen LogP contribution in [0.1, 0.15) is 0 Å². The zero-order chi connectivity index (χ0) is 37.5. The minimum atomic E-state index is 0.543. The normalized spacial score (nSPS) is 11.9. The molecule has 0 aliphatic rings. The van der Waals surface area contributed by atoms with E-state index in [9.17, 15) is 0 Å². The molecule has 266 valence electrons. The van der Waals surface area contributed by atoms with Gasteiger partial charge in [-0.15, -0.1) is 0 Å². The van der Waals surface area contributed by atoms with E-state index in [0.29, 0.717) is 17.6 Å². The van der Waals surface area contributed by atoms with Gasteiger partial charge in [0.05, 0.1) is 27.5 Å². The molecule has 0 saturated carbocycles. The van der Waals surface area contributed by atoms with Gasteiger partial charge in [0.25, 0.3) is 0 Å². The van der Waals surface area contributed by atoms with Crippen molar-refractivity contribution in [1.29, 1.82) is 0 Å². The van der Waals surface area contributed by atoms with Crippen LogP contribution in [0.2, 0.25) is 0 Å². The SMILES string of the molecule is c1ccc(-c2nc(-c3ccccc3)nc(-n3c4ccc(-c5ccc6c(c5)c5ccccc5n6-c5ccccc5)cc4c4c5oc6ccccc6c5ccc43)n2)cc1. The molecule has 0 unspecified atom stereocenters. The van der Waals surface area contributed by atoms with E-state index in [-0.39, 0.29) is 0 Å². The molecule has 0 aliphatic carbocycles. The Balaban J connectivity index is 1.13. The first-order valence-corrected chi connectivity index (χ1v) is 19.1. The highest BCUT2D eigenvalue weighted by Crippen LogP contribution is 2.42. The van der Waals surface area contributed by atoms with Crippen LogP contribution in [0, 0.1) is 0 Å². The van der Waals surface area contributed by atoms with Crippen LogP contribution in [0.3, 0.4) is 0 Å². The first-order chi connectivity index (χ1) is 28.3. The number of rotatable bonds is 5. The average Bonchev–Trinajstić information content (AvgIpc) is 3.94. The number of nitrogens with zero attached hydrogens (tertiary/aromatic N) is 5. The summed E-state index contributed by atoms with van der Waals surface area (Å²) in [6, 6.07) is 65.6. The smallest absolute Gasteiger partial charge is 0.238 e. The van der Waals surface area contributed by atoms with Gasteiger partial charge in [-0.25, -0.2) is 4.98 Å². The van der Waals surface area contributed by atoms with Crippen molar-refractivity contribution in [3.8, 4) is 45.5 Å². The maximum atomic E-state index is 6.74. The van der Waals surface area contributed by atoms with E-state index in [0.717, 1.165) is 71.7 Å². The van der Waals surface area contributed by atoms with Gasteiger partial charge in [0.15, 0.2) is 11.6 Å². The Kier molecular flexibility index (Phi) is 6.83. The Morgan fingerprint density at radius 2 is 0.895 bits per heavy atom. The van der Waals surface area contributed by atoms with Crippen LogP contribution in [0.25, 0.3) is 111 Å². The monoisotopic (exact) mass is 729 g/mol. The number of aromatic nitrogens is 5. The van der Waals surface area contributed by atoms with E-state index in [2.05, 4.69) is 124 Å². The summed E-state index contributed by atoms with van der Waals surface area (Å²) >= 11 is 0. The summed E-state index contributed by atoms with van der Waals surface area (Å²) in [6.45, 7) is 0. The fourth-order valence-electron chi connectivity index (χ4n) is 8.59. The quantitative estimate of drug-likeness (QED) is 0.177. The largest absolute Gasteiger partial charge is 0.455 e. The summed E-state index contributed by atoms with van der Waals surface area (Å²) < 4.78 is 11.3. The molecule has 0 bridgehead atoms. The van der Waals surface area contributed by atoms with Gasteiger partial charge in [-0.2, -0.15) is 9.97 Å². The second kappa shape index (κ2) is 12.3. The van der Waals surface area contributed by atoms with Crippen molar-refractivity contribution >= 4 is 65.6 Å². The topological polar surface area (TPSA) is 61.7 Å². The summed E-state index contributed by atoms with van der Waals surface area (Å²) in [5.74, 6) is 1.76. The van der Waals surface area contributed by atoms with E-state index < -0.39 is 0 Å². The van der Waals surface area contributed by atoms with Gasteiger partial charge in [0.1, 0.15) is 11.2 Å². The first-order valence-electron chi connectivity index (χ1n) is 19.1. The molecule has 6 nitrogen and oxygen atoms in total. The molecule has 4 aromatic heterocycles. The van der Waals surface area contributed by atoms with Gasteiger partial charge in [0, 0.05) is 43.7 Å². The molecule has 0 fully saturated rings. The Morgan fingerprint density at radius 1 is 0.351 bits per heavy atom. The number of furan rings is 1. The van der Waals surface area contributed by atoms with Gasteiger partial charge in [-0.1, -0.05) is 127 Å². The van der Waals surface area contributed by atoms with Gasteiger partial charge in [0.2, 0.25) is 5.95 Å². The van der Waals surface area contributed by atoms with Crippen LogP contribution < -0.4 is 0 Å². The third-order valence-electron chi connectivity index (χ3n) is 11.2. The van der Waals surface area contributed by atoms with Gasteiger partial charge in [-0.05, 0) is 71.8 Å². The van der Waals surface area contributed by atoms with Crippen molar-refractivity contribution in [1.82, 2.24) is 24.1 Å². The standard InChI is InChI=1S/C51H31N5O/c1-4-14-32(15-5-1)49-52-50(33-16-6-2-7-17-33)54-51(53-49)56-44-28-25-35(31-41(44)47-45(56)29-26-39-38-21-11-13-23-46(38)57-48(39)47)34-24-27-43-40(30-34)37-20-10-12-22-42(37)55(43)36-18-8-3-9-19-36/h1-31H. The van der Waals surface area contributed by atoms with Crippen LogP contribution in [0.4, 0.5) is 0 Å². The molecular formula is C51H31N5O. The summed E-state index contributed by atoms with van der Waals surface area (Å²) in [7, 11) is 0. The number of benzene rings is 8. The lowest BCUT2D eigenvalue weighted by Gasteiger charge is -2.11. The number of fused-ring (bicyclic) bond motifs is 10. The molecule has 4 heterocycles. The second-order valence-electron chi connectivity index (χ2n) is 14.4. The third kappa shape index (κ3) is 4.87. The number of hydrogen-bond acceptors (Lipinski definition) is 4. The lowest BCUT2D eigenvalue weighted by atomic mass is 10.00. The van der Waals surface area contributed by atoms with E-state index >= 15 is 0 Å². The van der Waals surface area contributed by atoms with E-state index in [1.807, 2.05) is 72.8 Å². The van der Waals surface area contributed by atoms with Gasteiger partial charge in [-0.3, -0.25) is 4.57 Å². The van der Waals surface area contributed by atoms with E-state index in [4.69, 9.17) is 19.4 Å². The molecule has 0 N–H and O–H groups in total. The summed E-state index contributed by atoms with van der Waals surface area (Å²) in [5.41, 5.74) is 11.2. The maximum Gasteiger partial charge on any atom is 0.238 e. The van der Waals surface area contributed by atoms with Crippen molar-refractivity contribution in [2.45, 2.75) is 0 Å².